The summed E-state index contributed by atoms with van der Waals surface area (Å²) in [6.07, 6.45) is 0. The van der Waals surface area contributed by atoms with Crippen LogP contribution in [0.25, 0.3) is 0 Å². The first kappa shape index (κ1) is 18.2. The van der Waals surface area contributed by atoms with Crippen molar-refractivity contribution >= 4 is 29.1 Å². The van der Waals surface area contributed by atoms with E-state index >= 15 is 0 Å². The number of piperazine rings is 1. The smallest absolute Gasteiger partial charge is 0.282 e. The second kappa shape index (κ2) is 7.82. The maximum absolute atomic E-state index is 12.9. The normalized spacial score (nSPS) is 17.1. The third kappa shape index (κ3) is 3.75. The Labute approximate surface area is 163 Å². The molecule has 2 aliphatic heterocycles. The highest BCUT2D eigenvalue weighted by Crippen LogP contribution is 2.28. The van der Waals surface area contributed by atoms with Crippen LogP contribution in [-0.4, -0.2) is 61.9 Å². The molecule has 28 heavy (non-hydrogen) atoms. The van der Waals surface area contributed by atoms with Crippen LogP contribution in [0, 0.1) is 0 Å². The Morgan fingerprint density at radius 3 is 2.39 bits per heavy atom. The third-order valence-corrected chi connectivity index (χ3v) is 5.25. The lowest BCUT2D eigenvalue weighted by Gasteiger charge is -2.34. The number of nitrogens with one attached hydrogen (secondary N) is 2. The molecule has 0 bridgehead atoms. The van der Waals surface area contributed by atoms with E-state index in [-0.39, 0.29) is 24.3 Å². The number of carbonyl (C=O) groups excluding carboxylic acids is 3. The zero-order valence-corrected chi connectivity index (χ0v) is 15.6. The van der Waals surface area contributed by atoms with Crippen LogP contribution in [0.15, 0.2) is 54.6 Å². The number of amides is 3. The van der Waals surface area contributed by atoms with Crippen LogP contribution >= 0.6 is 0 Å². The molecule has 3 amide bonds. The fourth-order valence-corrected chi connectivity index (χ4v) is 3.73. The molecule has 4 rings (SSSR count). The molecule has 2 aromatic carbocycles. The fourth-order valence-electron chi connectivity index (χ4n) is 3.73. The second-order valence-electron chi connectivity index (χ2n) is 7.13. The monoisotopic (exact) mass is 379 g/mol. The first-order valence-electron chi connectivity index (χ1n) is 9.49. The molecule has 2 aromatic rings. The van der Waals surface area contributed by atoms with Crippen molar-refractivity contribution in [2.75, 3.05) is 49.5 Å². The van der Waals surface area contributed by atoms with Gasteiger partial charge in [-0.25, -0.2) is 0 Å². The van der Waals surface area contributed by atoms with Crippen LogP contribution in [0.5, 0.6) is 0 Å². The van der Waals surface area contributed by atoms with Crippen molar-refractivity contribution in [2.24, 2.45) is 0 Å². The van der Waals surface area contributed by atoms with Gasteiger partial charge in [0.05, 0.1) is 37.6 Å². The lowest BCUT2D eigenvalue weighted by Crippen LogP contribution is -3.16. The van der Waals surface area contributed by atoms with Crippen molar-refractivity contribution in [3.05, 3.63) is 60.2 Å². The van der Waals surface area contributed by atoms with Crippen LogP contribution in [0.2, 0.25) is 0 Å². The van der Waals surface area contributed by atoms with Gasteiger partial charge in [0, 0.05) is 5.56 Å². The van der Waals surface area contributed by atoms with Gasteiger partial charge in [-0.3, -0.25) is 19.3 Å². The standard InChI is InChI=1S/C21H22N4O3/c26-19-14-25(18-9-5-4-8-17(18)22-19)20(27)15-23-10-12-24(13-11-23)21(28)16-6-2-1-3-7-16/h1-9H,10-15H2,(H,22,26)/p+1. The summed E-state index contributed by atoms with van der Waals surface area (Å²) in [5, 5.41) is 2.80. The maximum Gasteiger partial charge on any atom is 0.282 e. The van der Waals surface area contributed by atoms with E-state index in [1.54, 1.807) is 11.0 Å². The number of nitrogens with zero attached hydrogens (tertiary/aromatic N) is 2. The first-order valence-corrected chi connectivity index (χ1v) is 9.49. The molecule has 7 heteroatoms. The van der Waals surface area contributed by atoms with Crippen LogP contribution in [-0.2, 0) is 9.59 Å². The Balaban J connectivity index is 1.36. The van der Waals surface area contributed by atoms with Crippen molar-refractivity contribution in [2.45, 2.75) is 0 Å². The molecule has 0 aliphatic carbocycles. The van der Waals surface area contributed by atoms with Crippen molar-refractivity contribution in [3.8, 4) is 0 Å². The Hall–Kier alpha value is -3.19. The van der Waals surface area contributed by atoms with Gasteiger partial charge < -0.3 is 15.1 Å². The largest absolute Gasteiger partial charge is 0.327 e. The quantitative estimate of drug-likeness (QED) is 0.789. The van der Waals surface area contributed by atoms with Crippen molar-refractivity contribution < 1.29 is 19.3 Å². The van der Waals surface area contributed by atoms with Gasteiger partial charge in [0.25, 0.3) is 11.8 Å². The molecule has 1 saturated heterocycles. The molecule has 144 valence electrons. The Morgan fingerprint density at radius 1 is 0.964 bits per heavy atom. The number of carbonyl (C=O) groups is 3. The van der Waals surface area contributed by atoms with Crippen LogP contribution in [0.3, 0.4) is 0 Å². The van der Waals surface area contributed by atoms with Gasteiger partial charge in [-0.2, -0.15) is 0 Å². The number of benzene rings is 2. The minimum Gasteiger partial charge on any atom is -0.327 e. The van der Waals surface area contributed by atoms with E-state index in [9.17, 15) is 14.4 Å². The van der Waals surface area contributed by atoms with E-state index in [0.29, 0.717) is 44.0 Å². The molecule has 2 heterocycles. The molecule has 0 radical (unpaired) electrons. The molecule has 0 unspecified atom stereocenters. The van der Waals surface area contributed by atoms with Gasteiger partial charge in [-0.1, -0.05) is 30.3 Å². The summed E-state index contributed by atoms with van der Waals surface area (Å²) in [6, 6.07) is 16.6. The molecule has 0 spiro atoms. The predicted molar refractivity (Wildman–Crippen MR) is 105 cm³/mol. The Kier molecular flexibility index (Phi) is 5.08. The summed E-state index contributed by atoms with van der Waals surface area (Å²) in [6.45, 7) is 3.02. The minimum absolute atomic E-state index is 0.0348. The van der Waals surface area contributed by atoms with Crippen molar-refractivity contribution in [3.63, 3.8) is 0 Å². The SMILES string of the molecule is O=C1CN(C(=O)C[NH+]2CCN(C(=O)c3ccccc3)CC2)c2ccccc2N1. The zero-order chi connectivity index (χ0) is 19.5. The molecular formula is C21H23N4O3+. The van der Waals surface area contributed by atoms with Crippen LogP contribution < -0.4 is 15.1 Å². The maximum atomic E-state index is 12.9. The number of hydrogen-bond donors (Lipinski definition) is 2. The summed E-state index contributed by atoms with van der Waals surface area (Å²) in [5.41, 5.74) is 2.10. The van der Waals surface area contributed by atoms with E-state index in [4.69, 9.17) is 0 Å². The van der Waals surface area contributed by atoms with E-state index in [1.165, 1.54) is 0 Å². The topological polar surface area (TPSA) is 74.2 Å². The molecule has 7 nitrogen and oxygen atoms in total. The molecule has 0 atom stereocenters. The van der Waals surface area contributed by atoms with Crippen LogP contribution in [0.1, 0.15) is 10.4 Å². The van der Waals surface area contributed by atoms with Crippen LogP contribution in [0.4, 0.5) is 11.4 Å². The summed E-state index contributed by atoms with van der Waals surface area (Å²) >= 11 is 0. The highest BCUT2D eigenvalue weighted by atomic mass is 16.2. The summed E-state index contributed by atoms with van der Waals surface area (Å²) < 4.78 is 0. The van der Waals surface area contributed by atoms with Gasteiger partial charge in [0.15, 0.2) is 6.54 Å². The zero-order valence-electron chi connectivity index (χ0n) is 15.6. The Morgan fingerprint density at radius 2 is 1.64 bits per heavy atom. The van der Waals surface area contributed by atoms with Gasteiger partial charge in [0.2, 0.25) is 5.91 Å². The van der Waals surface area contributed by atoms with E-state index in [0.717, 1.165) is 10.6 Å². The summed E-state index contributed by atoms with van der Waals surface area (Å²) in [7, 11) is 0. The highest BCUT2D eigenvalue weighted by Gasteiger charge is 2.31. The highest BCUT2D eigenvalue weighted by molar-refractivity contribution is 6.10. The third-order valence-electron chi connectivity index (χ3n) is 5.25. The van der Waals surface area contributed by atoms with Crippen molar-refractivity contribution in [1.82, 2.24) is 4.90 Å². The number of quaternary nitrogens is 1. The molecular weight excluding hydrogens is 356 g/mol. The second-order valence-corrected chi connectivity index (χ2v) is 7.13. The number of rotatable bonds is 3. The van der Waals surface area contributed by atoms with E-state index < -0.39 is 0 Å². The van der Waals surface area contributed by atoms with E-state index in [1.807, 2.05) is 53.4 Å². The van der Waals surface area contributed by atoms with Gasteiger partial charge >= 0.3 is 0 Å². The van der Waals surface area contributed by atoms with Gasteiger partial charge in [0.1, 0.15) is 6.54 Å². The number of para-hydroxylation sites is 2. The van der Waals surface area contributed by atoms with Crippen molar-refractivity contribution in [1.29, 1.82) is 0 Å². The fraction of sp³-hybridized carbons (Fsp3) is 0.286. The lowest BCUT2D eigenvalue weighted by atomic mass is 10.1. The average molecular weight is 379 g/mol. The van der Waals surface area contributed by atoms with Gasteiger partial charge in [-0.05, 0) is 24.3 Å². The molecule has 2 aliphatic rings. The molecule has 0 aromatic heterocycles. The van der Waals surface area contributed by atoms with E-state index in [2.05, 4.69) is 5.32 Å². The molecule has 2 N–H and O–H groups in total. The average Bonchev–Trinajstić information content (AvgIpc) is 2.73. The molecule has 0 saturated carbocycles. The number of hydrogen-bond acceptors (Lipinski definition) is 3. The lowest BCUT2D eigenvalue weighted by molar-refractivity contribution is -0.895. The predicted octanol–water partition coefficient (Wildman–Crippen LogP) is 0.0126. The Bertz CT molecular complexity index is 892. The number of anilines is 2. The number of fused-ring (bicyclic) bond motifs is 1. The minimum atomic E-state index is -0.180. The summed E-state index contributed by atoms with van der Waals surface area (Å²) in [5.74, 6) is -0.215. The van der Waals surface area contributed by atoms with Gasteiger partial charge in [-0.15, -0.1) is 0 Å². The molecule has 1 fully saturated rings. The first-order chi connectivity index (χ1) is 13.6. The summed E-state index contributed by atoms with van der Waals surface area (Å²) in [4.78, 5) is 41.9.